The topological polar surface area (TPSA) is 73.9 Å². The van der Waals surface area contributed by atoms with Crippen molar-refractivity contribution in [3.05, 3.63) is 81.1 Å². The van der Waals surface area contributed by atoms with Crippen LogP contribution in [0.5, 0.6) is 11.5 Å². The largest absolute Gasteiger partial charge is 0.496 e. The Morgan fingerprint density at radius 3 is 2.67 bits per heavy atom. The Morgan fingerprint density at radius 1 is 1.12 bits per heavy atom. The number of methoxy groups -OCH3 is 1. The number of allylic oxidation sites excluding steroid dienone is 3. The number of ketones is 1. The molecule has 1 aliphatic carbocycles. The molecular formula is C26H26BrNO5. The van der Waals surface area contributed by atoms with E-state index >= 15 is 0 Å². The molecule has 0 bridgehead atoms. The quantitative estimate of drug-likeness (QED) is 0.414. The number of hydrogen-bond donors (Lipinski definition) is 1. The van der Waals surface area contributed by atoms with Crippen molar-refractivity contribution >= 4 is 27.7 Å². The molecule has 6 nitrogen and oxygen atoms in total. The third kappa shape index (κ3) is 4.98. The molecule has 0 saturated heterocycles. The van der Waals surface area contributed by atoms with Gasteiger partial charge in [-0.15, -0.1) is 0 Å². The van der Waals surface area contributed by atoms with Crippen LogP contribution in [0.1, 0.15) is 37.7 Å². The van der Waals surface area contributed by atoms with Gasteiger partial charge in [-0.05, 0) is 50.1 Å². The minimum Gasteiger partial charge on any atom is -0.496 e. The van der Waals surface area contributed by atoms with Crippen LogP contribution >= 0.6 is 15.9 Å². The van der Waals surface area contributed by atoms with Gasteiger partial charge in [0.25, 0.3) is 0 Å². The first-order valence-corrected chi connectivity index (χ1v) is 11.7. The van der Waals surface area contributed by atoms with E-state index in [9.17, 15) is 9.59 Å². The van der Waals surface area contributed by atoms with E-state index in [0.717, 1.165) is 28.6 Å². The van der Waals surface area contributed by atoms with Crippen LogP contribution < -0.4 is 14.8 Å². The van der Waals surface area contributed by atoms with E-state index in [0.29, 0.717) is 34.8 Å². The first-order chi connectivity index (χ1) is 16.0. The molecule has 2 aliphatic rings. The number of carbonyl (C=O) groups excluding carboxylic acids is 2. The Balaban J connectivity index is 1.63. The van der Waals surface area contributed by atoms with Crippen LogP contribution in [0.25, 0.3) is 0 Å². The summed E-state index contributed by atoms with van der Waals surface area (Å²) in [5.74, 6) is 0.321. The number of rotatable bonds is 7. The van der Waals surface area contributed by atoms with E-state index in [1.807, 2.05) is 55.5 Å². The van der Waals surface area contributed by atoms with Gasteiger partial charge in [0.15, 0.2) is 5.78 Å². The van der Waals surface area contributed by atoms with E-state index in [1.165, 1.54) is 0 Å². The van der Waals surface area contributed by atoms with Gasteiger partial charge in [0, 0.05) is 33.4 Å². The average molecular weight is 512 g/mol. The molecule has 2 aromatic carbocycles. The van der Waals surface area contributed by atoms with Crippen LogP contribution in [-0.4, -0.2) is 32.1 Å². The third-order valence-electron chi connectivity index (χ3n) is 5.83. The molecule has 4 rings (SSSR count). The van der Waals surface area contributed by atoms with Crippen LogP contribution in [0.3, 0.4) is 0 Å². The molecule has 0 fully saturated rings. The lowest BCUT2D eigenvalue weighted by atomic mass is 9.75. The fourth-order valence-corrected chi connectivity index (χ4v) is 4.76. The summed E-state index contributed by atoms with van der Waals surface area (Å²) >= 11 is 3.52. The summed E-state index contributed by atoms with van der Waals surface area (Å²) < 4.78 is 17.7. The molecule has 1 atom stereocenters. The number of carbonyl (C=O) groups is 2. The summed E-state index contributed by atoms with van der Waals surface area (Å²) in [6.07, 6.45) is 2.01. The number of para-hydroxylation sites is 1. The number of dihydropyridines is 1. The van der Waals surface area contributed by atoms with Crippen LogP contribution in [0.15, 0.2) is 75.5 Å². The minimum atomic E-state index is -0.566. The number of halogens is 1. The fraction of sp³-hybridized carbons (Fsp3) is 0.308. The lowest BCUT2D eigenvalue weighted by molar-refractivity contribution is -0.140. The van der Waals surface area contributed by atoms with E-state index in [-0.39, 0.29) is 19.0 Å². The molecule has 1 heterocycles. The number of benzene rings is 2. The van der Waals surface area contributed by atoms with Gasteiger partial charge in [-0.3, -0.25) is 4.79 Å². The summed E-state index contributed by atoms with van der Waals surface area (Å²) in [7, 11) is 1.58. The SMILES string of the molecule is COc1ccc(Br)cc1C1C(C(=O)OCCOc2ccccc2)=C(C)NC2=C1C(=O)CCC2. The van der Waals surface area contributed by atoms with Crippen molar-refractivity contribution in [3.63, 3.8) is 0 Å². The fourth-order valence-electron chi connectivity index (χ4n) is 4.38. The smallest absolute Gasteiger partial charge is 0.336 e. The van der Waals surface area contributed by atoms with Crippen LogP contribution in [0.2, 0.25) is 0 Å². The Bertz CT molecular complexity index is 1120. The molecule has 33 heavy (non-hydrogen) atoms. The van der Waals surface area contributed by atoms with Gasteiger partial charge in [0.2, 0.25) is 0 Å². The van der Waals surface area contributed by atoms with Crippen LogP contribution in [-0.2, 0) is 14.3 Å². The first-order valence-electron chi connectivity index (χ1n) is 10.9. The van der Waals surface area contributed by atoms with E-state index in [1.54, 1.807) is 7.11 Å². The van der Waals surface area contributed by atoms with Crippen molar-refractivity contribution in [2.75, 3.05) is 20.3 Å². The van der Waals surface area contributed by atoms with Crippen molar-refractivity contribution in [2.24, 2.45) is 0 Å². The zero-order valence-electron chi connectivity index (χ0n) is 18.7. The highest BCUT2D eigenvalue weighted by molar-refractivity contribution is 9.10. The minimum absolute atomic E-state index is 0.0426. The van der Waals surface area contributed by atoms with Gasteiger partial charge in [-0.2, -0.15) is 0 Å². The number of nitrogens with one attached hydrogen (secondary N) is 1. The van der Waals surface area contributed by atoms with E-state index in [4.69, 9.17) is 14.2 Å². The molecule has 0 aromatic heterocycles. The molecule has 0 saturated carbocycles. The second kappa shape index (κ2) is 10.3. The van der Waals surface area contributed by atoms with Crippen molar-refractivity contribution in [2.45, 2.75) is 32.1 Å². The summed E-state index contributed by atoms with van der Waals surface area (Å²) in [4.78, 5) is 26.4. The summed E-state index contributed by atoms with van der Waals surface area (Å²) in [6.45, 7) is 2.16. The molecule has 172 valence electrons. The van der Waals surface area contributed by atoms with Gasteiger partial charge >= 0.3 is 5.97 Å². The van der Waals surface area contributed by atoms with Gasteiger partial charge in [-0.25, -0.2) is 4.79 Å². The zero-order chi connectivity index (χ0) is 23.4. The molecule has 7 heteroatoms. The molecule has 1 aliphatic heterocycles. The van der Waals surface area contributed by atoms with Gasteiger partial charge < -0.3 is 19.5 Å². The van der Waals surface area contributed by atoms with Crippen LogP contribution in [0, 0.1) is 0 Å². The maximum Gasteiger partial charge on any atom is 0.336 e. The number of ether oxygens (including phenoxy) is 3. The molecular weight excluding hydrogens is 486 g/mol. The molecule has 0 spiro atoms. The summed E-state index contributed by atoms with van der Waals surface area (Å²) in [5.41, 5.74) is 3.35. The van der Waals surface area contributed by atoms with Gasteiger partial charge in [0.05, 0.1) is 18.6 Å². The molecule has 2 aromatic rings. The Hall–Kier alpha value is -3.06. The highest BCUT2D eigenvalue weighted by Gasteiger charge is 2.40. The second-order valence-electron chi connectivity index (χ2n) is 7.95. The number of esters is 1. The van der Waals surface area contributed by atoms with E-state index < -0.39 is 11.9 Å². The Morgan fingerprint density at radius 2 is 1.91 bits per heavy atom. The van der Waals surface area contributed by atoms with E-state index in [2.05, 4.69) is 21.2 Å². The van der Waals surface area contributed by atoms with Crippen molar-refractivity contribution in [1.82, 2.24) is 5.32 Å². The number of Topliss-reactive ketones (excluding diaryl/α,β-unsaturated/α-hetero) is 1. The molecule has 1 unspecified atom stereocenters. The van der Waals surface area contributed by atoms with Gasteiger partial charge in [-0.1, -0.05) is 34.1 Å². The molecule has 0 radical (unpaired) electrons. The summed E-state index contributed by atoms with van der Waals surface area (Å²) in [5, 5.41) is 3.30. The van der Waals surface area contributed by atoms with Crippen LogP contribution in [0.4, 0.5) is 0 Å². The monoisotopic (exact) mass is 511 g/mol. The zero-order valence-corrected chi connectivity index (χ0v) is 20.2. The number of hydrogen-bond acceptors (Lipinski definition) is 6. The predicted molar refractivity (Wildman–Crippen MR) is 128 cm³/mol. The molecule has 0 amide bonds. The maximum absolute atomic E-state index is 13.3. The lowest BCUT2D eigenvalue weighted by Crippen LogP contribution is -2.34. The van der Waals surface area contributed by atoms with Crippen molar-refractivity contribution in [3.8, 4) is 11.5 Å². The van der Waals surface area contributed by atoms with Gasteiger partial charge in [0.1, 0.15) is 24.7 Å². The maximum atomic E-state index is 13.3. The Labute approximate surface area is 201 Å². The normalized spacial score (nSPS) is 17.9. The second-order valence-corrected chi connectivity index (χ2v) is 8.87. The standard InChI is InChI=1S/C26H26BrNO5/c1-16-23(26(30)33-14-13-32-18-7-4-3-5-8-18)24(19-15-17(27)11-12-22(19)31-2)25-20(28-16)9-6-10-21(25)29/h3-5,7-8,11-12,15,24,28H,6,9-10,13-14H2,1-2H3. The predicted octanol–water partition coefficient (Wildman–Crippen LogP) is 5.05. The van der Waals surface area contributed by atoms with Crippen molar-refractivity contribution < 1.29 is 23.8 Å². The van der Waals surface area contributed by atoms with Crippen molar-refractivity contribution in [1.29, 1.82) is 0 Å². The summed E-state index contributed by atoms with van der Waals surface area (Å²) in [6, 6.07) is 15.0. The highest BCUT2D eigenvalue weighted by Crippen LogP contribution is 2.45. The Kier molecular flexibility index (Phi) is 7.18. The first kappa shape index (κ1) is 23.1. The molecule has 1 N–H and O–H groups in total. The highest BCUT2D eigenvalue weighted by atomic mass is 79.9. The third-order valence-corrected chi connectivity index (χ3v) is 6.32. The average Bonchev–Trinajstić information content (AvgIpc) is 2.81. The lowest BCUT2D eigenvalue weighted by Gasteiger charge is -2.34.